The molecule has 0 radical (unpaired) electrons. The highest BCUT2D eigenvalue weighted by Crippen LogP contribution is 2.58. The molecule has 2 saturated carbocycles. The van der Waals surface area contributed by atoms with Crippen LogP contribution >= 0.6 is 0 Å². The zero-order chi connectivity index (χ0) is 16.2. The van der Waals surface area contributed by atoms with Gasteiger partial charge in [-0.15, -0.1) is 0 Å². The maximum Gasteiger partial charge on any atom is 0.417 e. The largest absolute Gasteiger partial charge is 0.417 e. The summed E-state index contributed by atoms with van der Waals surface area (Å²) in [5.74, 6) is 0.109. The fourth-order valence-corrected chi connectivity index (χ4v) is 4.54. The number of piperidine rings is 1. The summed E-state index contributed by atoms with van der Waals surface area (Å²) in [4.78, 5) is 11.4. The SMILES string of the molecule is NC(=O)C1CCN[C@@]2(C1)C[C@@H]2C1CCC(O)(C(F)(F)F)CC1. The van der Waals surface area contributed by atoms with Gasteiger partial charge in [0, 0.05) is 11.5 Å². The van der Waals surface area contributed by atoms with Gasteiger partial charge in [0.2, 0.25) is 5.91 Å². The first-order valence-electron chi connectivity index (χ1n) is 8.00. The number of primary amides is 1. The van der Waals surface area contributed by atoms with E-state index < -0.39 is 11.8 Å². The summed E-state index contributed by atoms with van der Waals surface area (Å²) in [7, 11) is 0. The molecule has 0 bridgehead atoms. The van der Waals surface area contributed by atoms with Crippen LogP contribution in [0.5, 0.6) is 0 Å². The van der Waals surface area contributed by atoms with Gasteiger partial charge in [0.05, 0.1) is 0 Å². The van der Waals surface area contributed by atoms with Crippen molar-refractivity contribution in [2.24, 2.45) is 23.5 Å². The van der Waals surface area contributed by atoms with Gasteiger partial charge < -0.3 is 16.2 Å². The van der Waals surface area contributed by atoms with Crippen molar-refractivity contribution in [3.05, 3.63) is 0 Å². The molecule has 3 aliphatic rings. The molecular weight excluding hydrogens is 297 g/mol. The van der Waals surface area contributed by atoms with E-state index in [1.165, 1.54) is 0 Å². The number of nitrogens with one attached hydrogen (secondary N) is 1. The third-order valence-corrected chi connectivity index (χ3v) is 6.07. The molecule has 1 saturated heterocycles. The number of halogens is 3. The Kier molecular flexibility index (Phi) is 3.72. The van der Waals surface area contributed by atoms with Gasteiger partial charge in [-0.25, -0.2) is 0 Å². The van der Waals surface area contributed by atoms with Crippen molar-refractivity contribution in [1.29, 1.82) is 0 Å². The lowest BCUT2D eigenvalue weighted by molar-refractivity contribution is -0.272. The molecule has 1 spiro atoms. The van der Waals surface area contributed by atoms with E-state index in [1.807, 2.05) is 0 Å². The monoisotopic (exact) mass is 320 g/mol. The van der Waals surface area contributed by atoms with Crippen molar-refractivity contribution in [3.8, 4) is 0 Å². The summed E-state index contributed by atoms with van der Waals surface area (Å²) < 4.78 is 38.5. The molecule has 3 fully saturated rings. The van der Waals surface area contributed by atoms with Crippen LogP contribution in [-0.2, 0) is 4.79 Å². The van der Waals surface area contributed by atoms with Crippen molar-refractivity contribution in [2.45, 2.75) is 62.3 Å². The Balaban J connectivity index is 1.59. The number of rotatable bonds is 2. The van der Waals surface area contributed by atoms with Crippen molar-refractivity contribution < 1.29 is 23.1 Å². The van der Waals surface area contributed by atoms with Gasteiger partial charge in [0.25, 0.3) is 0 Å². The highest BCUT2D eigenvalue weighted by Gasteiger charge is 2.62. The van der Waals surface area contributed by atoms with Crippen molar-refractivity contribution in [1.82, 2.24) is 5.32 Å². The van der Waals surface area contributed by atoms with Gasteiger partial charge in [-0.05, 0) is 63.3 Å². The standard InChI is InChI=1S/C15H23F3N2O2/c16-15(17,18)14(22)4-1-9(2-5-14)11-8-13(11)7-10(12(19)21)3-6-20-13/h9-11,20,22H,1-8H2,(H2,19,21)/t9?,10?,11-,13+,14?/m1/s1. The lowest BCUT2D eigenvalue weighted by Crippen LogP contribution is -2.49. The normalized spacial score (nSPS) is 45.7. The molecule has 0 aromatic carbocycles. The molecule has 4 N–H and O–H groups in total. The summed E-state index contributed by atoms with van der Waals surface area (Å²) in [6, 6.07) is 0. The minimum atomic E-state index is -4.54. The Morgan fingerprint density at radius 1 is 1.18 bits per heavy atom. The third kappa shape index (κ3) is 2.62. The zero-order valence-corrected chi connectivity index (χ0v) is 12.5. The first kappa shape index (κ1) is 16.1. The second kappa shape index (κ2) is 5.09. The lowest BCUT2D eigenvalue weighted by atomic mass is 9.75. The average Bonchev–Trinajstić information content (AvgIpc) is 3.11. The number of nitrogens with two attached hydrogens (primary N) is 1. The summed E-state index contributed by atoms with van der Waals surface area (Å²) in [6.07, 6.45) is -1.84. The summed E-state index contributed by atoms with van der Waals surface area (Å²) >= 11 is 0. The molecule has 1 amide bonds. The Morgan fingerprint density at radius 3 is 2.36 bits per heavy atom. The van der Waals surface area contributed by atoms with Crippen LogP contribution in [0.4, 0.5) is 13.2 Å². The van der Waals surface area contributed by atoms with Crippen LogP contribution in [0.2, 0.25) is 0 Å². The molecule has 1 heterocycles. The minimum absolute atomic E-state index is 0.101. The number of hydrogen-bond donors (Lipinski definition) is 3. The quantitative estimate of drug-likeness (QED) is 0.725. The fourth-order valence-electron chi connectivity index (χ4n) is 4.54. The van der Waals surface area contributed by atoms with Crippen LogP contribution in [0.25, 0.3) is 0 Å². The zero-order valence-electron chi connectivity index (χ0n) is 12.5. The Morgan fingerprint density at radius 2 is 1.82 bits per heavy atom. The number of amides is 1. The topological polar surface area (TPSA) is 75.4 Å². The van der Waals surface area contributed by atoms with E-state index in [0.717, 1.165) is 19.4 Å². The van der Waals surface area contributed by atoms with E-state index in [2.05, 4.69) is 5.32 Å². The van der Waals surface area contributed by atoms with Crippen LogP contribution in [0.3, 0.4) is 0 Å². The van der Waals surface area contributed by atoms with Crippen LogP contribution in [-0.4, -0.2) is 34.9 Å². The van der Waals surface area contributed by atoms with Gasteiger partial charge in [-0.2, -0.15) is 13.2 Å². The summed E-state index contributed by atoms with van der Waals surface area (Å²) in [5.41, 5.74) is 2.79. The van der Waals surface area contributed by atoms with Crippen LogP contribution in [0, 0.1) is 17.8 Å². The van der Waals surface area contributed by atoms with E-state index in [9.17, 15) is 23.1 Å². The molecule has 1 aliphatic heterocycles. The van der Waals surface area contributed by atoms with E-state index in [1.54, 1.807) is 0 Å². The molecule has 0 aromatic rings. The first-order valence-corrected chi connectivity index (χ1v) is 8.00. The molecule has 4 nitrogen and oxygen atoms in total. The maximum atomic E-state index is 12.8. The molecule has 3 atom stereocenters. The Hall–Kier alpha value is -0.820. The molecule has 0 aromatic heterocycles. The molecule has 7 heteroatoms. The van der Waals surface area contributed by atoms with Crippen molar-refractivity contribution in [3.63, 3.8) is 0 Å². The number of carbonyl (C=O) groups excluding carboxylic acids is 1. The van der Waals surface area contributed by atoms with Gasteiger partial charge in [-0.3, -0.25) is 4.79 Å². The second-order valence-corrected chi connectivity index (χ2v) is 7.35. The smallest absolute Gasteiger partial charge is 0.380 e. The number of aliphatic hydroxyl groups is 1. The van der Waals surface area contributed by atoms with Crippen LogP contribution in [0.1, 0.15) is 44.9 Å². The number of hydrogen-bond acceptors (Lipinski definition) is 3. The van der Waals surface area contributed by atoms with E-state index in [4.69, 9.17) is 5.73 Å². The molecule has 22 heavy (non-hydrogen) atoms. The van der Waals surface area contributed by atoms with Crippen LogP contribution in [0.15, 0.2) is 0 Å². The number of carbonyl (C=O) groups is 1. The molecule has 2 aliphatic carbocycles. The average molecular weight is 320 g/mol. The number of alkyl halides is 3. The highest BCUT2D eigenvalue weighted by molar-refractivity contribution is 5.77. The van der Waals surface area contributed by atoms with Gasteiger partial charge in [-0.1, -0.05) is 0 Å². The summed E-state index contributed by atoms with van der Waals surface area (Å²) in [5, 5.41) is 13.2. The van der Waals surface area contributed by atoms with E-state index >= 15 is 0 Å². The van der Waals surface area contributed by atoms with Gasteiger partial charge in [0.1, 0.15) is 0 Å². The van der Waals surface area contributed by atoms with Gasteiger partial charge >= 0.3 is 6.18 Å². The molecule has 126 valence electrons. The second-order valence-electron chi connectivity index (χ2n) is 7.35. The minimum Gasteiger partial charge on any atom is -0.380 e. The predicted molar refractivity (Wildman–Crippen MR) is 73.7 cm³/mol. The molecule has 1 unspecified atom stereocenters. The molecule has 3 rings (SSSR count). The molecular formula is C15H23F3N2O2. The first-order chi connectivity index (χ1) is 10.2. The van der Waals surface area contributed by atoms with Crippen molar-refractivity contribution in [2.75, 3.05) is 6.54 Å². The van der Waals surface area contributed by atoms with Gasteiger partial charge in [0.15, 0.2) is 5.60 Å². The lowest BCUT2D eigenvalue weighted by Gasteiger charge is -2.39. The van der Waals surface area contributed by atoms with E-state index in [0.29, 0.717) is 25.2 Å². The predicted octanol–water partition coefficient (Wildman–Crippen LogP) is 1.71. The fraction of sp³-hybridized carbons (Fsp3) is 0.933. The Labute approximate surface area is 127 Å². The highest BCUT2D eigenvalue weighted by atomic mass is 19.4. The van der Waals surface area contributed by atoms with Crippen molar-refractivity contribution >= 4 is 5.91 Å². The maximum absolute atomic E-state index is 12.8. The third-order valence-electron chi connectivity index (χ3n) is 6.07. The van der Waals surface area contributed by atoms with E-state index in [-0.39, 0.29) is 36.1 Å². The Bertz CT molecular complexity index is 460. The summed E-state index contributed by atoms with van der Waals surface area (Å²) in [6.45, 7) is 0.739. The van der Waals surface area contributed by atoms with Crippen LogP contribution < -0.4 is 11.1 Å².